The molecule has 1 atom stereocenters. The molecule has 1 aromatic rings. The molecule has 0 spiro atoms. The third kappa shape index (κ3) is 6.45. The molecule has 124 valence electrons. The van der Waals surface area contributed by atoms with Gasteiger partial charge in [0.15, 0.2) is 0 Å². The van der Waals surface area contributed by atoms with Gasteiger partial charge in [0.2, 0.25) is 0 Å². The molecule has 4 N–H and O–H groups in total. The van der Waals surface area contributed by atoms with Gasteiger partial charge in [-0.25, -0.2) is 4.79 Å². The Labute approximate surface area is 132 Å². The van der Waals surface area contributed by atoms with Gasteiger partial charge in [0.05, 0.1) is 5.56 Å². The number of nitrogens with one attached hydrogen (secondary N) is 1. The molecule has 0 amide bonds. The molecule has 5 heteroatoms. The lowest BCUT2D eigenvalue weighted by Gasteiger charge is -2.20. The summed E-state index contributed by atoms with van der Waals surface area (Å²) >= 11 is 0. The van der Waals surface area contributed by atoms with Crippen molar-refractivity contribution < 1.29 is 20.1 Å². The molecule has 0 bridgehead atoms. The van der Waals surface area contributed by atoms with Crippen molar-refractivity contribution in [2.45, 2.75) is 51.5 Å². The van der Waals surface area contributed by atoms with Crippen LogP contribution < -0.4 is 5.32 Å². The molecule has 1 aromatic carbocycles. The zero-order valence-corrected chi connectivity index (χ0v) is 13.2. The molecular formula is C17H27NO4. The van der Waals surface area contributed by atoms with Crippen molar-refractivity contribution in [2.24, 2.45) is 0 Å². The van der Waals surface area contributed by atoms with Crippen LogP contribution in [0.2, 0.25) is 0 Å². The molecule has 0 aliphatic rings. The van der Waals surface area contributed by atoms with Crippen LogP contribution in [0.4, 0.5) is 5.69 Å². The number of aryl methyl sites for hydroxylation is 1. The summed E-state index contributed by atoms with van der Waals surface area (Å²) in [5.41, 5.74) is 1.87. The number of aromatic carboxylic acids is 1. The van der Waals surface area contributed by atoms with Crippen molar-refractivity contribution in [1.29, 1.82) is 0 Å². The van der Waals surface area contributed by atoms with E-state index in [0.717, 1.165) is 37.7 Å². The summed E-state index contributed by atoms with van der Waals surface area (Å²) in [4.78, 5) is 11.3. The number of aliphatic hydroxyl groups is 2. The molecule has 0 saturated carbocycles. The highest BCUT2D eigenvalue weighted by molar-refractivity contribution is 5.94. The Morgan fingerprint density at radius 1 is 1.09 bits per heavy atom. The number of benzene rings is 1. The first kappa shape index (κ1) is 18.5. The molecule has 0 aliphatic heterocycles. The van der Waals surface area contributed by atoms with E-state index < -0.39 is 5.97 Å². The standard InChI is InChI=1S/C17H27NO4/c1-13-7-8-15(17(21)22)16(12-13)18-14(9-11-20)6-4-2-3-5-10-19/h7-8,12,14,18-20H,2-6,9-11H2,1H3,(H,21,22). The quantitative estimate of drug-likeness (QED) is 0.472. The van der Waals surface area contributed by atoms with Crippen molar-refractivity contribution >= 4 is 11.7 Å². The Balaban J connectivity index is 2.65. The zero-order chi connectivity index (χ0) is 16.4. The molecule has 1 rings (SSSR count). The van der Waals surface area contributed by atoms with Crippen LogP contribution >= 0.6 is 0 Å². The van der Waals surface area contributed by atoms with Crippen LogP contribution in [0.25, 0.3) is 0 Å². The fraction of sp³-hybridized carbons (Fsp3) is 0.588. The van der Waals surface area contributed by atoms with E-state index in [4.69, 9.17) is 5.11 Å². The SMILES string of the molecule is Cc1ccc(C(=O)O)c(NC(CCO)CCCCCCO)c1. The summed E-state index contributed by atoms with van der Waals surface area (Å²) in [6.45, 7) is 2.22. The second-order valence-electron chi connectivity index (χ2n) is 5.63. The smallest absolute Gasteiger partial charge is 0.337 e. The van der Waals surface area contributed by atoms with Crippen molar-refractivity contribution in [2.75, 3.05) is 18.5 Å². The highest BCUT2D eigenvalue weighted by atomic mass is 16.4. The highest BCUT2D eigenvalue weighted by Gasteiger charge is 2.14. The van der Waals surface area contributed by atoms with E-state index in [1.807, 2.05) is 13.0 Å². The number of hydrogen-bond acceptors (Lipinski definition) is 4. The first-order chi connectivity index (χ1) is 10.6. The Morgan fingerprint density at radius 3 is 2.45 bits per heavy atom. The first-order valence-corrected chi connectivity index (χ1v) is 7.90. The van der Waals surface area contributed by atoms with Crippen LogP contribution in [-0.2, 0) is 0 Å². The minimum Gasteiger partial charge on any atom is -0.478 e. The number of rotatable bonds is 11. The van der Waals surface area contributed by atoms with Gasteiger partial charge < -0.3 is 20.6 Å². The number of carbonyl (C=O) groups is 1. The van der Waals surface area contributed by atoms with Crippen LogP contribution in [0.3, 0.4) is 0 Å². The average Bonchev–Trinajstić information content (AvgIpc) is 2.47. The monoisotopic (exact) mass is 309 g/mol. The molecule has 0 aliphatic carbocycles. The number of carboxylic acid groups (broad SMARTS) is 1. The number of unbranched alkanes of at least 4 members (excludes halogenated alkanes) is 3. The minimum atomic E-state index is -0.951. The largest absolute Gasteiger partial charge is 0.478 e. The maximum atomic E-state index is 11.3. The third-order valence-corrected chi connectivity index (χ3v) is 3.70. The maximum absolute atomic E-state index is 11.3. The molecular weight excluding hydrogens is 282 g/mol. The van der Waals surface area contributed by atoms with Crippen molar-refractivity contribution in [3.8, 4) is 0 Å². The van der Waals surface area contributed by atoms with Gasteiger partial charge in [0, 0.05) is 24.9 Å². The molecule has 0 fully saturated rings. The fourth-order valence-electron chi connectivity index (χ4n) is 2.48. The molecule has 22 heavy (non-hydrogen) atoms. The predicted molar refractivity (Wildman–Crippen MR) is 87.4 cm³/mol. The van der Waals surface area contributed by atoms with Crippen LogP contribution in [0.1, 0.15) is 54.4 Å². The number of hydrogen-bond donors (Lipinski definition) is 4. The van der Waals surface area contributed by atoms with Crippen LogP contribution in [-0.4, -0.2) is 40.5 Å². The summed E-state index contributed by atoms with van der Waals surface area (Å²) in [5.74, 6) is -0.951. The number of anilines is 1. The van der Waals surface area contributed by atoms with Gasteiger partial charge in [-0.15, -0.1) is 0 Å². The molecule has 0 aromatic heterocycles. The lowest BCUT2D eigenvalue weighted by Crippen LogP contribution is -2.22. The lowest BCUT2D eigenvalue weighted by atomic mass is 10.0. The summed E-state index contributed by atoms with van der Waals surface area (Å²) in [5, 5.41) is 30.5. The number of aliphatic hydroxyl groups excluding tert-OH is 2. The van der Waals surface area contributed by atoms with Gasteiger partial charge in [0.25, 0.3) is 0 Å². The third-order valence-electron chi connectivity index (χ3n) is 3.70. The Bertz CT molecular complexity index is 462. The second-order valence-corrected chi connectivity index (χ2v) is 5.63. The summed E-state index contributed by atoms with van der Waals surface area (Å²) in [7, 11) is 0. The van der Waals surface area contributed by atoms with Crippen molar-refractivity contribution in [1.82, 2.24) is 0 Å². The van der Waals surface area contributed by atoms with Gasteiger partial charge in [-0.05, 0) is 43.9 Å². The van der Waals surface area contributed by atoms with E-state index in [1.54, 1.807) is 12.1 Å². The van der Waals surface area contributed by atoms with Gasteiger partial charge in [-0.3, -0.25) is 0 Å². The van der Waals surface area contributed by atoms with Crippen molar-refractivity contribution in [3.05, 3.63) is 29.3 Å². The Kier molecular flexibility index (Phi) is 8.55. The second kappa shape index (κ2) is 10.2. The fourth-order valence-corrected chi connectivity index (χ4v) is 2.48. The molecule has 0 heterocycles. The van der Waals surface area contributed by atoms with Gasteiger partial charge in [-0.1, -0.05) is 25.3 Å². The van der Waals surface area contributed by atoms with E-state index in [0.29, 0.717) is 12.1 Å². The minimum absolute atomic E-state index is 0.0547. The van der Waals surface area contributed by atoms with Crippen LogP contribution in [0.15, 0.2) is 18.2 Å². The molecule has 5 nitrogen and oxygen atoms in total. The molecule has 0 saturated heterocycles. The first-order valence-electron chi connectivity index (χ1n) is 7.90. The van der Waals surface area contributed by atoms with Gasteiger partial charge in [0.1, 0.15) is 0 Å². The van der Waals surface area contributed by atoms with E-state index in [9.17, 15) is 15.0 Å². The average molecular weight is 309 g/mol. The predicted octanol–water partition coefficient (Wildman–Crippen LogP) is 2.80. The molecule has 1 unspecified atom stereocenters. The Hall–Kier alpha value is -1.59. The van der Waals surface area contributed by atoms with Crippen molar-refractivity contribution in [3.63, 3.8) is 0 Å². The Morgan fingerprint density at radius 2 is 1.82 bits per heavy atom. The van der Waals surface area contributed by atoms with Crippen LogP contribution in [0.5, 0.6) is 0 Å². The van der Waals surface area contributed by atoms with E-state index >= 15 is 0 Å². The van der Waals surface area contributed by atoms with E-state index in [-0.39, 0.29) is 24.8 Å². The molecule has 0 radical (unpaired) electrons. The van der Waals surface area contributed by atoms with Gasteiger partial charge in [-0.2, -0.15) is 0 Å². The maximum Gasteiger partial charge on any atom is 0.337 e. The van der Waals surface area contributed by atoms with Crippen LogP contribution in [0, 0.1) is 6.92 Å². The van der Waals surface area contributed by atoms with Gasteiger partial charge >= 0.3 is 5.97 Å². The van der Waals surface area contributed by atoms with E-state index in [1.165, 1.54) is 0 Å². The normalized spacial score (nSPS) is 12.1. The lowest BCUT2D eigenvalue weighted by molar-refractivity contribution is 0.0698. The topological polar surface area (TPSA) is 89.8 Å². The highest BCUT2D eigenvalue weighted by Crippen LogP contribution is 2.21. The summed E-state index contributed by atoms with van der Waals surface area (Å²) < 4.78 is 0. The summed E-state index contributed by atoms with van der Waals surface area (Å²) in [6, 6.07) is 5.28. The summed E-state index contributed by atoms with van der Waals surface area (Å²) in [6.07, 6.45) is 5.30. The number of carboxylic acids is 1. The van der Waals surface area contributed by atoms with E-state index in [2.05, 4.69) is 5.32 Å². The zero-order valence-electron chi connectivity index (χ0n) is 13.2.